The fraction of sp³-hybridized carbons (Fsp3) is 0.333. The van der Waals surface area contributed by atoms with Gasteiger partial charge in [-0.1, -0.05) is 54.6 Å². The molecule has 1 saturated heterocycles. The van der Waals surface area contributed by atoms with Gasteiger partial charge in [0, 0.05) is 45.8 Å². The maximum atomic E-state index is 13.1. The Balaban J connectivity index is 1.39. The van der Waals surface area contributed by atoms with Crippen molar-refractivity contribution in [1.82, 2.24) is 14.7 Å². The molecule has 29 heavy (non-hydrogen) atoms. The number of amides is 2. The first kappa shape index (κ1) is 19.4. The average Bonchev–Trinajstić information content (AvgIpc) is 2.75. The Morgan fingerprint density at radius 2 is 1.62 bits per heavy atom. The Labute approximate surface area is 172 Å². The molecule has 0 aliphatic carbocycles. The summed E-state index contributed by atoms with van der Waals surface area (Å²) in [6.45, 7) is 5.68. The summed E-state index contributed by atoms with van der Waals surface area (Å²) >= 11 is 0. The minimum absolute atomic E-state index is 0.0405. The normalized spacial score (nSPS) is 19.1. The van der Waals surface area contributed by atoms with E-state index in [1.165, 1.54) is 5.56 Å². The number of hydrogen-bond acceptors (Lipinski definition) is 3. The predicted molar refractivity (Wildman–Crippen MR) is 114 cm³/mol. The zero-order valence-corrected chi connectivity index (χ0v) is 16.8. The number of benzene rings is 2. The molecule has 5 nitrogen and oxygen atoms in total. The van der Waals surface area contributed by atoms with Gasteiger partial charge in [-0.2, -0.15) is 0 Å². The highest BCUT2D eigenvalue weighted by Crippen LogP contribution is 2.33. The van der Waals surface area contributed by atoms with Gasteiger partial charge in [0.05, 0.1) is 12.5 Å². The lowest BCUT2D eigenvalue weighted by Gasteiger charge is -2.37. The monoisotopic (exact) mass is 389 g/mol. The van der Waals surface area contributed by atoms with E-state index in [0.717, 1.165) is 43.9 Å². The number of rotatable bonds is 4. The SMILES string of the molecule is CC(=O)N1C=Cc2ccccc2C1CC(=O)N1CCN(Cc2ccccc2)CC1. The molecule has 2 amide bonds. The molecule has 1 unspecified atom stereocenters. The van der Waals surface area contributed by atoms with Gasteiger partial charge in [0.15, 0.2) is 0 Å². The summed E-state index contributed by atoms with van der Waals surface area (Å²) in [6, 6.07) is 18.2. The van der Waals surface area contributed by atoms with Crippen LogP contribution in [0.5, 0.6) is 0 Å². The smallest absolute Gasteiger partial charge is 0.225 e. The minimum atomic E-state index is -0.233. The quantitative estimate of drug-likeness (QED) is 0.806. The molecule has 4 rings (SSSR count). The molecule has 2 heterocycles. The fourth-order valence-electron chi connectivity index (χ4n) is 4.20. The van der Waals surface area contributed by atoms with Crippen LogP contribution in [0.4, 0.5) is 0 Å². The summed E-state index contributed by atoms with van der Waals surface area (Å²) in [5.74, 6) is 0.0759. The lowest BCUT2D eigenvalue weighted by atomic mass is 9.93. The van der Waals surface area contributed by atoms with Crippen LogP contribution in [0.3, 0.4) is 0 Å². The van der Waals surface area contributed by atoms with Crippen LogP contribution in [0.2, 0.25) is 0 Å². The van der Waals surface area contributed by atoms with Gasteiger partial charge in [-0.15, -0.1) is 0 Å². The van der Waals surface area contributed by atoms with Crippen molar-refractivity contribution in [3.8, 4) is 0 Å². The van der Waals surface area contributed by atoms with E-state index in [-0.39, 0.29) is 17.9 Å². The second-order valence-electron chi connectivity index (χ2n) is 7.73. The Hall–Kier alpha value is -2.92. The summed E-state index contributed by atoms with van der Waals surface area (Å²) in [4.78, 5) is 31.2. The van der Waals surface area contributed by atoms with Crippen molar-refractivity contribution < 1.29 is 9.59 Å². The fourth-order valence-corrected chi connectivity index (χ4v) is 4.20. The number of carbonyl (C=O) groups excluding carboxylic acids is 2. The summed E-state index contributed by atoms with van der Waals surface area (Å²) in [5.41, 5.74) is 3.42. The third-order valence-corrected chi connectivity index (χ3v) is 5.81. The molecule has 2 aromatic carbocycles. The van der Waals surface area contributed by atoms with E-state index < -0.39 is 0 Å². The van der Waals surface area contributed by atoms with Crippen LogP contribution < -0.4 is 0 Å². The Morgan fingerprint density at radius 1 is 0.931 bits per heavy atom. The van der Waals surface area contributed by atoms with Crippen LogP contribution in [0.15, 0.2) is 60.8 Å². The van der Waals surface area contributed by atoms with Gasteiger partial charge in [0.1, 0.15) is 0 Å². The van der Waals surface area contributed by atoms with Crippen molar-refractivity contribution in [2.24, 2.45) is 0 Å². The first-order valence-corrected chi connectivity index (χ1v) is 10.2. The largest absolute Gasteiger partial charge is 0.340 e. The van der Waals surface area contributed by atoms with Crippen molar-refractivity contribution in [2.45, 2.75) is 25.9 Å². The van der Waals surface area contributed by atoms with Crippen LogP contribution in [0.25, 0.3) is 6.08 Å². The molecule has 150 valence electrons. The van der Waals surface area contributed by atoms with Crippen LogP contribution in [-0.4, -0.2) is 52.7 Å². The molecular weight excluding hydrogens is 362 g/mol. The van der Waals surface area contributed by atoms with E-state index in [1.807, 2.05) is 41.3 Å². The third kappa shape index (κ3) is 4.40. The second-order valence-corrected chi connectivity index (χ2v) is 7.73. The standard InChI is InChI=1S/C24H27N3O2/c1-19(28)27-12-11-21-9-5-6-10-22(21)23(27)17-24(29)26-15-13-25(14-16-26)18-20-7-3-2-4-8-20/h2-12,23H,13-18H2,1H3. The summed E-state index contributed by atoms with van der Waals surface area (Å²) in [6.07, 6.45) is 4.07. The zero-order chi connectivity index (χ0) is 20.2. The van der Waals surface area contributed by atoms with Gasteiger partial charge < -0.3 is 9.80 Å². The van der Waals surface area contributed by atoms with Crippen molar-refractivity contribution in [2.75, 3.05) is 26.2 Å². The molecular formula is C24H27N3O2. The van der Waals surface area contributed by atoms with E-state index in [0.29, 0.717) is 6.42 Å². The molecule has 1 fully saturated rings. The molecule has 5 heteroatoms. The topological polar surface area (TPSA) is 43.9 Å². The van der Waals surface area contributed by atoms with E-state index in [2.05, 4.69) is 29.2 Å². The van der Waals surface area contributed by atoms with Crippen molar-refractivity contribution in [3.63, 3.8) is 0 Å². The van der Waals surface area contributed by atoms with Crippen LogP contribution >= 0.6 is 0 Å². The number of fused-ring (bicyclic) bond motifs is 1. The van der Waals surface area contributed by atoms with E-state index in [4.69, 9.17) is 0 Å². The molecule has 0 radical (unpaired) electrons. The maximum Gasteiger partial charge on any atom is 0.225 e. The molecule has 2 aliphatic rings. The highest BCUT2D eigenvalue weighted by Gasteiger charge is 2.30. The highest BCUT2D eigenvalue weighted by atomic mass is 16.2. The summed E-state index contributed by atoms with van der Waals surface area (Å²) in [7, 11) is 0. The molecule has 0 aromatic heterocycles. The summed E-state index contributed by atoms with van der Waals surface area (Å²) in [5, 5.41) is 0. The van der Waals surface area contributed by atoms with Crippen molar-refractivity contribution in [3.05, 3.63) is 77.5 Å². The summed E-state index contributed by atoms with van der Waals surface area (Å²) < 4.78 is 0. The van der Waals surface area contributed by atoms with Crippen LogP contribution in [-0.2, 0) is 16.1 Å². The second kappa shape index (κ2) is 8.62. The van der Waals surface area contributed by atoms with E-state index >= 15 is 0 Å². The lowest BCUT2D eigenvalue weighted by molar-refractivity contribution is -0.136. The molecule has 0 N–H and O–H groups in total. The third-order valence-electron chi connectivity index (χ3n) is 5.81. The molecule has 1 atom stereocenters. The maximum absolute atomic E-state index is 13.1. The average molecular weight is 389 g/mol. The lowest BCUT2D eigenvalue weighted by Crippen LogP contribution is -2.49. The minimum Gasteiger partial charge on any atom is -0.340 e. The molecule has 2 aromatic rings. The highest BCUT2D eigenvalue weighted by molar-refractivity contribution is 5.82. The van der Waals surface area contributed by atoms with Crippen molar-refractivity contribution >= 4 is 17.9 Å². The molecule has 0 bridgehead atoms. The van der Waals surface area contributed by atoms with Gasteiger partial charge in [-0.3, -0.25) is 14.5 Å². The number of hydrogen-bond donors (Lipinski definition) is 0. The predicted octanol–water partition coefficient (Wildman–Crippen LogP) is 3.30. The molecule has 0 saturated carbocycles. The van der Waals surface area contributed by atoms with Gasteiger partial charge >= 0.3 is 0 Å². The van der Waals surface area contributed by atoms with E-state index in [9.17, 15) is 9.59 Å². The van der Waals surface area contributed by atoms with Crippen LogP contribution in [0, 0.1) is 0 Å². The molecule has 2 aliphatic heterocycles. The van der Waals surface area contributed by atoms with Gasteiger partial charge in [-0.05, 0) is 22.8 Å². The first-order chi connectivity index (χ1) is 14.1. The number of piperazine rings is 1. The van der Waals surface area contributed by atoms with Crippen LogP contribution in [0.1, 0.15) is 36.1 Å². The Morgan fingerprint density at radius 3 is 2.34 bits per heavy atom. The number of nitrogens with zero attached hydrogens (tertiary/aromatic N) is 3. The van der Waals surface area contributed by atoms with Crippen molar-refractivity contribution in [1.29, 1.82) is 0 Å². The molecule has 0 spiro atoms. The number of carbonyl (C=O) groups is 2. The Bertz CT molecular complexity index is 901. The Kier molecular flexibility index (Phi) is 5.76. The first-order valence-electron chi connectivity index (χ1n) is 10.2. The zero-order valence-electron chi connectivity index (χ0n) is 16.8. The van der Waals surface area contributed by atoms with Gasteiger partial charge in [0.2, 0.25) is 11.8 Å². The van der Waals surface area contributed by atoms with Gasteiger partial charge in [-0.25, -0.2) is 0 Å². The van der Waals surface area contributed by atoms with Gasteiger partial charge in [0.25, 0.3) is 0 Å². The van der Waals surface area contributed by atoms with E-state index in [1.54, 1.807) is 18.0 Å².